The quantitative estimate of drug-likeness (QED) is 0.446. The van der Waals surface area contributed by atoms with Gasteiger partial charge in [0, 0.05) is 5.69 Å². The Morgan fingerprint density at radius 2 is 1.62 bits per heavy atom. The lowest BCUT2D eigenvalue weighted by atomic mass is 10.1. The first-order valence-electron chi connectivity index (χ1n) is 8.55. The van der Waals surface area contributed by atoms with E-state index in [2.05, 4.69) is 4.98 Å². The van der Waals surface area contributed by atoms with E-state index >= 15 is 0 Å². The van der Waals surface area contributed by atoms with Crippen molar-refractivity contribution < 1.29 is 18.7 Å². The summed E-state index contributed by atoms with van der Waals surface area (Å²) in [5, 5.41) is 0. The first-order valence-corrected chi connectivity index (χ1v) is 8.55. The smallest absolute Gasteiger partial charge is 0.354 e. The molecule has 0 aliphatic rings. The molecule has 26 heavy (non-hydrogen) atoms. The summed E-state index contributed by atoms with van der Waals surface area (Å²) in [5.74, 6) is 0.562. The molecule has 2 aromatic carbocycles. The van der Waals surface area contributed by atoms with Crippen molar-refractivity contribution in [3.8, 4) is 22.8 Å². The fraction of sp³-hybridized carbons (Fsp3) is 0.190. The Kier molecular flexibility index (Phi) is 5.69. The first kappa shape index (κ1) is 17.7. The van der Waals surface area contributed by atoms with E-state index in [1.165, 1.54) is 12.1 Å². The number of nitrogens with one attached hydrogen (secondary N) is 1. The number of hydrogen-bond acceptors (Lipinski definition) is 3. The highest BCUT2D eigenvalue weighted by Gasteiger charge is 2.10. The highest BCUT2D eigenvalue weighted by atomic mass is 19.1. The summed E-state index contributed by atoms with van der Waals surface area (Å²) in [7, 11) is 0. The summed E-state index contributed by atoms with van der Waals surface area (Å²) in [4.78, 5) is 15.0. The van der Waals surface area contributed by atoms with E-state index in [1.807, 2.05) is 37.3 Å². The van der Waals surface area contributed by atoms with E-state index in [-0.39, 0.29) is 11.8 Å². The number of rotatable bonds is 7. The average Bonchev–Trinajstić information content (AvgIpc) is 3.15. The Balaban J connectivity index is 1.65. The van der Waals surface area contributed by atoms with Crippen LogP contribution in [0.15, 0.2) is 60.7 Å². The molecule has 0 atom stereocenters. The van der Waals surface area contributed by atoms with Gasteiger partial charge in [0.2, 0.25) is 0 Å². The Morgan fingerprint density at radius 1 is 0.962 bits per heavy atom. The maximum absolute atomic E-state index is 12.9. The summed E-state index contributed by atoms with van der Waals surface area (Å²) in [6.07, 6.45) is 1.84. The number of aromatic nitrogens is 1. The molecule has 0 spiro atoms. The van der Waals surface area contributed by atoms with Gasteiger partial charge in [-0.3, -0.25) is 0 Å². The molecule has 3 aromatic rings. The molecule has 5 heteroatoms. The Morgan fingerprint density at radius 3 is 2.27 bits per heavy atom. The van der Waals surface area contributed by atoms with Gasteiger partial charge in [-0.2, -0.15) is 0 Å². The molecule has 0 saturated carbocycles. The zero-order valence-electron chi connectivity index (χ0n) is 14.5. The number of halogens is 1. The monoisotopic (exact) mass is 353 g/mol. The molecular weight excluding hydrogens is 333 g/mol. The Labute approximate surface area is 151 Å². The van der Waals surface area contributed by atoms with Crippen LogP contribution in [0.4, 0.5) is 4.39 Å². The summed E-state index contributed by atoms with van der Waals surface area (Å²) < 4.78 is 23.8. The number of H-pyrrole nitrogens is 1. The number of carbonyl (C=O) groups excluding carboxylic acids is 1. The van der Waals surface area contributed by atoms with Crippen molar-refractivity contribution in [3.05, 3.63) is 72.2 Å². The van der Waals surface area contributed by atoms with E-state index < -0.39 is 0 Å². The van der Waals surface area contributed by atoms with Gasteiger partial charge < -0.3 is 14.5 Å². The average molecular weight is 353 g/mol. The fourth-order valence-electron chi connectivity index (χ4n) is 2.41. The van der Waals surface area contributed by atoms with E-state index in [0.717, 1.165) is 24.1 Å². The molecule has 0 fully saturated rings. The van der Waals surface area contributed by atoms with Crippen molar-refractivity contribution >= 4 is 5.97 Å². The number of esters is 1. The van der Waals surface area contributed by atoms with Crippen LogP contribution in [0.3, 0.4) is 0 Å². The molecule has 0 aliphatic carbocycles. The predicted molar refractivity (Wildman–Crippen MR) is 97.9 cm³/mol. The molecule has 0 aliphatic heterocycles. The van der Waals surface area contributed by atoms with Crippen molar-refractivity contribution in [1.82, 2.24) is 4.98 Å². The number of ether oxygens (including phenoxy) is 2. The SMILES string of the molecule is CCCCOC(=O)c1ccc(-c2ccc(Oc3ccc(F)cc3)cc2)[nH]1. The van der Waals surface area contributed by atoms with Crippen LogP contribution >= 0.6 is 0 Å². The van der Waals surface area contributed by atoms with Gasteiger partial charge >= 0.3 is 5.97 Å². The normalized spacial score (nSPS) is 10.5. The second-order valence-electron chi connectivity index (χ2n) is 5.86. The lowest BCUT2D eigenvalue weighted by Crippen LogP contribution is -2.06. The van der Waals surface area contributed by atoms with Crippen LogP contribution < -0.4 is 4.74 Å². The zero-order valence-corrected chi connectivity index (χ0v) is 14.5. The first-order chi connectivity index (χ1) is 12.7. The van der Waals surface area contributed by atoms with Gasteiger partial charge in [0.15, 0.2) is 0 Å². The Bertz CT molecular complexity index is 854. The second-order valence-corrected chi connectivity index (χ2v) is 5.86. The minimum atomic E-state index is -0.346. The van der Waals surface area contributed by atoms with Gasteiger partial charge in [-0.1, -0.05) is 13.3 Å². The summed E-state index contributed by atoms with van der Waals surface area (Å²) in [6.45, 7) is 2.48. The van der Waals surface area contributed by atoms with Crippen LogP contribution in [0.1, 0.15) is 30.3 Å². The molecule has 4 nitrogen and oxygen atoms in total. The lowest BCUT2D eigenvalue weighted by Gasteiger charge is -2.06. The summed E-state index contributed by atoms with van der Waals surface area (Å²) in [6, 6.07) is 16.8. The molecule has 0 bridgehead atoms. The molecule has 0 unspecified atom stereocenters. The third-order valence-corrected chi connectivity index (χ3v) is 3.85. The number of hydrogen-bond donors (Lipinski definition) is 1. The molecule has 1 aromatic heterocycles. The van der Waals surface area contributed by atoms with Crippen LogP contribution in [-0.2, 0) is 4.74 Å². The number of carbonyl (C=O) groups is 1. The summed E-state index contributed by atoms with van der Waals surface area (Å²) >= 11 is 0. The molecule has 134 valence electrons. The van der Waals surface area contributed by atoms with Gasteiger partial charge in [-0.05, 0) is 72.6 Å². The van der Waals surface area contributed by atoms with Crippen molar-refractivity contribution in [2.24, 2.45) is 0 Å². The van der Waals surface area contributed by atoms with Crippen LogP contribution in [0.5, 0.6) is 11.5 Å². The highest BCUT2D eigenvalue weighted by molar-refractivity contribution is 5.88. The Hall–Kier alpha value is -3.08. The molecule has 0 saturated heterocycles. The van der Waals surface area contributed by atoms with Crippen LogP contribution in [-0.4, -0.2) is 17.6 Å². The fourth-order valence-corrected chi connectivity index (χ4v) is 2.41. The van der Waals surface area contributed by atoms with Crippen molar-refractivity contribution in [1.29, 1.82) is 0 Å². The third kappa shape index (κ3) is 4.51. The molecule has 0 radical (unpaired) electrons. The van der Waals surface area contributed by atoms with Crippen LogP contribution in [0.2, 0.25) is 0 Å². The molecule has 0 amide bonds. The predicted octanol–water partition coefficient (Wildman–Crippen LogP) is 5.57. The third-order valence-electron chi connectivity index (χ3n) is 3.85. The van der Waals surface area contributed by atoms with Crippen molar-refractivity contribution in [2.75, 3.05) is 6.61 Å². The van der Waals surface area contributed by atoms with Gasteiger partial charge in [-0.25, -0.2) is 9.18 Å². The van der Waals surface area contributed by atoms with Gasteiger partial charge in [-0.15, -0.1) is 0 Å². The van der Waals surface area contributed by atoms with Crippen LogP contribution in [0.25, 0.3) is 11.3 Å². The van der Waals surface area contributed by atoms with E-state index in [1.54, 1.807) is 18.2 Å². The number of aromatic amines is 1. The minimum Gasteiger partial charge on any atom is -0.461 e. The van der Waals surface area contributed by atoms with Crippen LogP contribution in [0, 0.1) is 5.82 Å². The number of unbranched alkanes of at least 4 members (excludes halogenated alkanes) is 1. The van der Waals surface area contributed by atoms with E-state index in [0.29, 0.717) is 23.8 Å². The second kappa shape index (κ2) is 8.34. The maximum atomic E-state index is 12.9. The maximum Gasteiger partial charge on any atom is 0.354 e. The molecular formula is C21H20FNO3. The van der Waals surface area contributed by atoms with E-state index in [9.17, 15) is 9.18 Å². The van der Waals surface area contributed by atoms with Crippen molar-refractivity contribution in [3.63, 3.8) is 0 Å². The molecule has 1 heterocycles. The molecule has 3 rings (SSSR count). The van der Waals surface area contributed by atoms with E-state index in [4.69, 9.17) is 9.47 Å². The van der Waals surface area contributed by atoms with Gasteiger partial charge in [0.1, 0.15) is 23.0 Å². The minimum absolute atomic E-state index is 0.302. The highest BCUT2D eigenvalue weighted by Crippen LogP contribution is 2.25. The largest absolute Gasteiger partial charge is 0.461 e. The topological polar surface area (TPSA) is 51.3 Å². The number of benzene rings is 2. The van der Waals surface area contributed by atoms with Gasteiger partial charge in [0.25, 0.3) is 0 Å². The summed E-state index contributed by atoms with van der Waals surface area (Å²) in [5.41, 5.74) is 2.17. The molecule has 1 N–H and O–H groups in total. The van der Waals surface area contributed by atoms with Gasteiger partial charge in [0.05, 0.1) is 6.61 Å². The lowest BCUT2D eigenvalue weighted by molar-refractivity contribution is 0.0493. The van der Waals surface area contributed by atoms with Crippen molar-refractivity contribution in [2.45, 2.75) is 19.8 Å². The standard InChI is InChI=1S/C21H20FNO3/c1-2-3-14-25-21(24)20-13-12-19(23-20)15-4-8-17(9-5-15)26-18-10-6-16(22)7-11-18/h4-13,23H,2-3,14H2,1H3. The zero-order chi connectivity index (χ0) is 18.4.